The molecule has 3 aliphatic rings. The molecular weight excluding hydrogens is 823 g/mol. The molecule has 3 aromatic heterocycles. The minimum atomic E-state index is -1.09. The Morgan fingerprint density at radius 2 is 1.95 bits per heavy atom. The fourth-order valence-electron chi connectivity index (χ4n) is 9.16. The van der Waals surface area contributed by atoms with Gasteiger partial charge in [0, 0.05) is 79.1 Å². The second kappa shape index (κ2) is 18.7. The number of rotatable bonds is 10. The van der Waals surface area contributed by atoms with E-state index in [2.05, 4.69) is 61.0 Å². The lowest BCUT2D eigenvalue weighted by atomic mass is 9.84. The average Bonchev–Trinajstić information content (AvgIpc) is 4.02. The Kier molecular flexibility index (Phi) is 13.5. The van der Waals surface area contributed by atoms with Gasteiger partial charge in [-0.05, 0) is 68.0 Å². The van der Waals surface area contributed by atoms with Crippen LogP contribution in [0.15, 0.2) is 54.6 Å². The highest BCUT2D eigenvalue weighted by molar-refractivity contribution is 7.10. The third-order valence-corrected chi connectivity index (χ3v) is 13.4. The summed E-state index contributed by atoms with van der Waals surface area (Å²) in [5, 5.41) is 9.38. The molecule has 0 unspecified atom stereocenters. The van der Waals surface area contributed by atoms with Crippen molar-refractivity contribution in [3.63, 3.8) is 0 Å². The van der Waals surface area contributed by atoms with Crippen LogP contribution in [0.5, 0.6) is 0 Å². The quantitative estimate of drug-likeness (QED) is 0.0934. The minimum Gasteiger partial charge on any atom is -0.464 e. The summed E-state index contributed by atoms with van der Waals surface area (Å²) < 4.78 is 14.0. The zero-order valence-corrected chi connectivity index (χ0v) is 38.4. The molecule has 336 valence electrons. The molecule has 3 aliphatic heterocycles. The summed E-state index contributed by atoms with van der Waals surface area (Å²) in [6.07, 6.45) is 4.82. The molecule has 3 amide bonds. The van der Waals surface area contributed by atoms with E-state index in [1.54, 1.807) is 25.3 Å². The van der Waals surface area contributed by atoms with Crippen LogP contribution in [0.2, 0.25) is 0 Å². The highest BCUT2D eigenvalue weighted by Gasteiger charge is 2.44. The maximum atomic E-state index is 14.6. The lowest BCUT2D eigenvalue weighted by Gasteiger charge is -2.36. The predicted octanol–water partition coefficient (Wildman–Crippen LogP) is 5.16. The molecule has 6 heterocycles. The van der Waals surface area contributed by atoms with Crippen LogP contribution in [-0.4, -0.2) is 123 Å². The molecule has 1 aromatic carbocycles. The number of likely N-dealkylation sites (N-methyl/N-ethyl adjacent to an activating group) is 1. The molecule has 0 aliphatic carbocycles. The third-order valence-electron chi connectivity index (χ3n) is 12.6. The Morgan fingerprint density at radius 3 is 2.68 bits per heavy atom. The molecule has 2 N–H and O–H groups in total. The molecule has 0 spiro atoms. The molecule has 16 nitrogen and oxygen atoms in total. The van der Waals surface area contributed by atoms with Crippen molar-refractivity contribution in [2.24, 2.45) is 18.4 Å². The number of hydrazine groups is 2. The van der Waals surface area contributed by atoms with Gasteiger partial charge in [-0.3, -0.25) is 29.2 Å². The monoisotopic (exact) mass is 882 g/mol. The van der Waals surface area contributed by atoms with Crippen molar-refractivity contribution in [1.82, 2.24) is 40.2 Å². The van der Waals surface area contributed by atoms with E-state index in [1.165, 1.54) is 27.4 Å². The van der Waals surface area contributed by atoms with Gasteiger partial charge < -0.3 is 24.3 Å². The number of ether oxygens (including phenoxy) is 2. The highest BCUT2D eigenvalue weighted by atomic mass is 32.1. The van der Waals surface area contributed by atoms with Crippen LogP contribution in [-0.2, 0) is 48.5 Å². The second-order valence-electron chi connectivity index (χ2n) is 18.1. The molecule has 63 heavy (non-hydrogen) atoms. The van der Waals surface area contributed by atoms with Crippen molar-refractivity contribution in [2.75, 3.05) is 40.4 Å². The van der Waals surface area contributed by atoms with Crippen molar-refractivity contribution in [3.8, 4) is 22.5 Å². The summed E-state index contributed by atoms with van der Waals surface area (Å²) in [5.74, 6) is -1.99. The van der Waals surface area contributed by atoms with E-state index < -0.39 is 47.4 Å². The van der Waals surface area contributed by atoms with Crippen molar-refractivity contribution in [2.45, 2.75) is 97.0 Å². The number of aromatic nitrogens is 3. The average molecular weight is 883 g/mol. The summed E-state index contributed by atoms with van der Waals surface area (Å²) in [6.45, 7) is 14.4. The van der Waals surface area contributed by atoms with E-state index in [9.17, 15) is 24.1 Å². The highest BCUT2D eigenvalue weighted by Crippen LogP contribution is 2.41. The van der Waals surface area contributed by atoms with E-state index in [0.717, 1.165) is 49.5 Å². The Morgan fingerprint density at radius 1 is 1.17 bits per heavy atom. The largest absolute Gasteiger partial charge is 0.464 e. The zero-order valence-electron chi connectivity index (χ0n) is 37.6. The Bertz CT molecular complexity index is 2410. The normalized spacial score (nSPS) is 21.4. The van der Waals surface area contributed by atoms with E-state index in [4.69, 9.17) is 19.4 Å². The van der Waals surface area contributed by atoms with Gasteiger partial charge in [0.25, 0.3) is 11.9 Å². The topological polar surface area (TPSA) is 171 Å². The molecule has 2 fully saturated rings. The lowest BCUT2D eigenvalue weighted by Crippen LogP contribution is -2.62. The van der Waals surface area contributed by atoms with Crippen LogP contribution >= 0.6 is 11.3 Å². The number of cyclic esters (lactones) is 1. The van der Waals surface area contributed by atoms with Crippen molar-refractivity contribution >= 4 is 45.9 Å². The second-order valence-corrected chi connectivity index (χ2v) is 19.0. The fourth-order valence-corrected chi connectivity index (χ4v) is 10.0. The number of nitrogens with one attached hydrogen (secondary N) is 2. The first-order valence-corrected chi connectivity index (χ1v) is 22.6. The number of nitroso groups, excluding NO2 is 1. The molecule has 0 radical (unpaired) electrons. The number of esters is 1. The number of methoxy groups -OCH3 is 1. The van der Waals surface area contributed by atoms with E-state index in [0.29, 0.717) is 43.8 Å². The molecule has 7 rings (SSSR count). The first-order valence-electron chi connectivity index (χ1n) is 21.7. The molecule has 17 heteroatoms. The van der Waals surface area contributed by atoms with Crippen molar-refractivity contribution in [3.05, 3.63) is 75.7 Å². The first kappa shape index (κ1) is 45.5. The van der Waals surface area contributed by atoms with Crippen LogP contribution in [0.3, 0.4) is 0 Å². The third kappa shape index (κ3) is 9.41. The number of benzene rings is 1. The van der Waals surface area contributed by atoms with Gasteiger partial charge in [0.05, 0.1) is 53.3 Å². The summed E-state index contributed by atoms with van der Waals surface area (Å²) in [4.78, 5) is 80.9. The van der Waals surface area contributed by atoms with Gasteiger partial charge in [0.2, 0.25) is 11.8 Å². The van der Waals surface area contributed by atoms with Gasteiger partial charge in [-0.1, -0.05) is 40.3 Å². The van der Waals surface area contributed by atoms with Crippen molar-refractivity contribution in [1.29, 1.82) is 0 Å². The molecule has 6 bridgehead atoms. The minimum absolute atomic E-state index is 0.0675. The summed E-state index contributed by atoms with van der Waals surface area (Å²) >= 11 is 1.40. The Balaban J connectivity index is 1.26. The predicted molar refractivity (Wildman–Crippen MR) is 240 cm³/mol. The molecule has 5 atom stereocenters. The maximum Gasteiger partial charge on any atom is 0.324 e. The molecule has 4 aromatic rings. The summed E-state index contributed by atoms with van der Waals surface area (Å²) in [6, 6.07) is 6.90. The molecule has 0 saturated carbocycles. The number of carbonyl (C=O) groups is 4. The maximum absolute atomic E-state index is 14.6. The number of pyridine rings is 1. The fraction of sp³-hybridized carbons (Fsp3) is 0.522. The van der Waals surface area contributed by atoms with E-state index in [1.807, 2.05) is 38.3 Å². The van der Waals surface area contributed by atoms with E-state index >= 15 is 0 Å². The van der Waals surface area contributed by atoms with Gasteiger partial charge in [0.1, 0.15) is 17.0 Å². The van der Waals surface area contributed by atoms with Crippen LogP contribution in [0.25, 0.3) is 33.4 Å². The van der Waals surface area contributed by atoms with Gasteiger partial charge in [-0.15, -0.1) is 16.3 Å². The van der Waals surface area contributed by atoms with Gasteiger partial charge in [0.15, 0.2) is 6.04 Å². The van der Waals surface area contributed by atoms with Gasteiger partial charge in [-0.25, -0.2) is 10.4 Å². The number of fused-ring (bicyclic) bond motifs is 6. The van der Waals surface area contributed by atoms with Crippen molar-refractivity contribution < 1.29 is 33.5 Å². The van der Waals surface area contributed by atoms with Crippen LogP contribution in [0.4, 0.5) is 0 Å². The number of hydrogen-bond acceptors (Lipinski definition) is 11. The Labute approximate surface area is 372 Å². The number of amides is 3. The van der Waals surface area contributed by atoms with Crippen LogP contribution < -0.4 is 10.7 Å². The number of nitrogens with zero attached hydrogens (tertiary/aromatic N) is 7. The van der Waals surface area contributed by atoms with Crippen LogP contribution in [0, 0.1) is 16.2 Å². The number of hydrogen-bond donors (Lipinski definition) is 2. The summed E-state index contributed by atoms with van der Waals surface area (Å²) in [5.41, 5.74) is 9.09. The molecule has 2 saturated heterocycles. The number of carbonyl (C=O) groups excluding carboxylic acids is 4. The first-order chi connectivity index (χ1) is 30.0. The number of aryl methyl sites for hydroxylation is 1. The summed E-state index contributed by atoms with van der Waals surface area (Å²) in [7, 11) is 5.29. The van der Waals surface area contributed by atoms with Gasteiger partial charge >= 0.3 is 5.97 Å². The van der Waals surface area contributed by atoms with Crippen LogP contribution in [0.1, 0.15) is 76.3 Å². The van der Waals surface area contributed by atoms with E-state index in [-0.39, 0.29) is 37.5 Å². The number of likely N-dealkylation sites (tertiary alicyclic amines) is 1. The number of thiazole rings is 1. The molecular formula is C46H60N9O7S+. The Hall–Kier alpha value is -5.52. The SMILES string of the molecule is C=CC(=O)N1CC[C@H]([N+](=O)N(C)[C@H](C(=O)N[C@H]2Cc3nc(cs3)-c3ccc4c(c3)c(c(-c3cccnc3[C@H](C)OC)n4C)CC(C)(C)COC(=O)[C@@H]3CCCN(N3)C2=O)C(C)C)C1. The van der Waals surface area contributed by atoms with Gasteiger partial charge in [-0.2, -0.15) is 0 Å². The lowest BCUT2D eigenvalue weighted by molar-refractivity contribution is -0.732. The zero-order chi connectivity index (χ0) is 45.3. The smallest absolute Gasteiger partial charge is 0.324 e. The standard InChI is InChI=1S/C46H59N9O7S/c1-10-39(56)53-20-17-30(24-53)55(60)52(8)41(27(2)3)43(57)49-35-22-38-48-36(25-63-38)29-15-16-37-32(21-29)33(42(51(37)7)31-13-11-18-47-40(31)28(4)61-9)23-46(5,6)26-62-45(59)34-14-12-19-54(50-34)44(35)58/h10-11,13,15-16,18,21,25,27-28,30,34-35,41,50H,1,12,14,17,19-20,22-24,26H2,2-9H3/p+1/t28-,30-,34-,35-,41-/m0/s1.